The quantitative estimate of drug-likeness (QED) is 0.567. The van der Waals surface area contributed by atoms with Crippen LogP contribution in [0.3, 0.4) is 0 Å². The molecule has 1 saturated heterocycles. The summed E-state index contributed by atoms with van der Waals surface area (Å²) < 4.78 is 13.3. The number of phenols is 1. The summed E-state index contributed by atoms with van der Waals surface area (Å²) in [5, 5.41) is 9.95. The number of phenolic OH excluding ortho intramolecular Hbond substituents is 1. The highest BCUT2D eigenvalue weighted by molar-refractivity contribution is 6.58. The average molecular weight is 432 g/mol. The van der Waals surface area contributed by atoms with Gasteiger partial charge < -0.3 is 5.11 Å². The van der Waals surface area contributed by atoms with Crippen molar-refractivity contribution in [3.63, 3.8) is 0 Å². The minimum atomic E-state index is -1.86. The molecule has 0 saturated carbocycles. The molecule has 2 aromatic rings. The summed E-state index contributed by atoms with van der Waals surface area (Å²) >= 11 is 13.8. The Hall–Kier alpha value is -2.63. The topological polar surface area (TPSA) is 57.6 Å². The lowest BCUT2D eigenvalue weighted by Gasteiger charge is -2.42. The maximum atomic E-state index is 13.6. The molecule has 2 aliphatic rings. The number of rotatable bonds is 3. The summed E-state index contributed by atoms with van der Waals surface area (Å²) in [7, 11) is 0. The average Bonchev–Trinajstić information content (AvgIpc) is 2.85. The molecule has 2 amide bonds. The SMILES string of the molecule is C=CC1=CC[C@@]2(Cl)C(=O)N(c3ccc(F)cc3)C(=O)[C@@]2(Cl)[C@H]1c1cccc(O)c1. The number of anilines is 1. The number of nitrogens with zero attached hydrogens (tertiary/aromatic N) is 1. The molecule has 1 fully saturated rings. The van der Waals surface area contributed by atoms with Crippen LogP contribution < -0.4 is 4.90 Å². The summed E-state index contributed by atoms with van der Waals surface area (Å²) in [5.41, 5.74) is 1.34. The third kappa shape index (κ3) is 2.65. The third-order valence-corrected chi connectivity index (χ3v) is 6.92. The van der Waals surface area contributed by atoms with Crippen LogP contribution in [0.5, 0.6) is 5.75 Å². The third-order valence-electron chi connectivity index (χ3n) is 5.51. The Balaban J connectivity index is 1.92. The number of hydrogen-bond donors (Lipinski definition) is 1. The van der Waals surface area contributed by atoms with Crippen LogP contribution in [0.25, 0.3) is 0 Å². The molecule has 1 aliphatic carbocycles. The minimum absolute atomic E-state index is 0.0101. The van der Waals surface area contributed by atoms with Gasteiger partial charge in [-0.1, -0.05) is 30.9 Å². The summed E-state index contributed by atoms with van der Waals surface area (Å²) in [6.45, 7) is 3.80. The molecule has 0 bridgehead atoms. The zero-order valence-electron chi connectivity index (χ0n) is 15.1. The van der Waals surface area contributed by atoms with Crippen molar-refractivity contribution in [2.45, 2.75) is 22.1 Å². The van der Waals surface area contributed by atoms with E-state index < -0.39 is 33.3 Å². The van der Waals surface area contributed by atoms with Crippen molar-refractivity contribution < 1.29 is 19.1 Å². The normalized spacial score (nSPS) is 28.9. The lowest BCUT2D eigenvalue weighted by molar-refractivity contribution is -0.122. The summed E-state index contributed by atoms with van der Waals surface area (Å²) in [6, 6.07) is 11.3. The smallest absolute Gasteiger partial charge is 0.258 e. The van der Waals surface area contributed by atoms with Crippen LogP contribution in [0.4, 0.5) is 10.1 Å². The van der Waals surface area contributed by atoms with Crippen molar-refractivity contribution in [1.82, 2.24) is 0 Å². The van der Waals surface area contributed by atoms with E-state index >= 15 is 0 Å². The highest BCUT2D eigenvalue weighted by atomic mass is 35.5. The van der Waals surface area contributed by atoms with E-state index in [-0.39, 0.29) is 17.9 Å². The van der Waals surface area contributed by atoms with Gasteiger partial charge >= 0.3 is 0 Å². The molecule has 3 atom stereocenters. The van der Waals surface area contributed by atoms with Gasteiger partial charge in [-0.25, -0.2) is 9.29 Å². The van der Waals surface area contributed by atoms with Crippen molar-refractivity contribution in [1.29, 1.82) is 0 Å². The van der Waals surface area contributed by atoms with Gasteiger partial charge in [-0.05, 0) is 54.0 Å². The maximum absolute atomic E-state index is 13.6. The monoisotopic (exact) mass is 431 g/mol. The van der Waals surface area contributed by atoms with Gasteiger partial charge in [-0.3, -0.25) is 9.59 Å². The number of imide groups is 1. The van der Waals surface area contributed by atoms with Gasteiger partial charge in [-0.2, -0.15) is 0 Å². The molecule has 0 aromatic heterocycles. The van der Waals surface area contributed by atoms with Gasteiger partial charge in [0.05, 0.1) is 5.69 Å². The number of allylic oxidation sites excluding steroid dienone is 3. The van der Waals surface area contributed by atoms with Crippen molar-refractivity contribution in [2.75, 3.05) is 4.90 Å². The highest BCUT2D eigenvalue weighted by Crippen LogP contribution is 2.59. The van der Waals surface area contributed by atoms with Crippen LogP contribution in [0.2, 0.25) is 0 Å². The summed E-state index contributed by atoms with van der Waals surface area (Å²) in [4.78, 5) is 24.2. The molecule has 1 N–H and O–H groups in total. The zero-order chi connectivity index (χ0) is 21.0. The van der Waals surface area contributed by atoms with Crippen molar-refractivity contribution >= 4 is 40.7 Å². The van der Waals surface area contributed by atoms with E-state index in [1.54, 1.807) is 24.3 Å². The standard InChI is InChI=1S/C22H16Cl2FNO3/c1-2-13-10-11-21(23)19(28)26(16-8-6-15(25)7-9-16)20(29)22(21,24)18(13)14-4-3-5-17(27)12-14/h2-10,12,18,27H,1,11H2/t18-,21-,22+/m1/s1. The predicted octanol–water partition coefficient (Wildman–Crippen LogP) is 4.66. The van der Waals surface area contributed by atoms with Crippen LogP contribution in [0, 0.1) is 5.82 Å². The van der Waals surface area contributed by atoms with Crippen LogP contribution in [0.1, 0.15) is 17.9 Å². The first-order valence-corrected chi connectivity index (χ1v) is 9.63. The molecule has 0 spiro atoms. The second-order valence-electron chi connectivity index (χ2n) is 7.08. The zero-order valence-corrected chi connectivity index (χ0v) is 16.6. The molecular weight excluding hydrogens is 416 g/mol. The number of alkyl halides is 2. The second-order valence-corrected chi connectivity index (χ2v) is 8.32. The van der Waals surface area contributed by atoms with E-state index in [9.17, 15) is 19.1 Å². The number of benzene rings is 2. The number of halogens is 3. The fraction of sp³-hybridized carbons (Fsp3) is 0.182. The summed E-state index contributed by atoms with van der Waals surface area (Å²) in [6.07, 6.45) is 3.32. The lowest BCUT2D eigenvalue weighted by atomic mass is 9.68. The first kappa shape index (κ1) is 19.7. The van der Waals surface area contributed by atoms with E-state index in [1.165, 1.54) is 24.3 Å². The molecule has 4 rings (SSSR count). The number of hydrogen-bond acceptors (Lipinski definition) is 3. The van der Waals surface area contributed by atoms with E-state index in [4.69, 9.17) is 23.2 Å². The molecule has 1 heterocycles. The Bertz CT molecular complexity index is 1070. The van der Waals surface area contributed by atoms with E-state index in [1.807, 2.05) is 0 Å². The van der Waals surface area contributed by atoms with Gasteiger partial charge in [0.2, 0.25) is 0 Å². The van der Waals surface area contributed by atoms with Crippen LogP contribution in [-0.2, 0) is 9.59 Å². The van der Waals surface area contributed by atoms with Gasteiger partial charge in [0.25, 0.3) is 11.8 Å². The Morgan fingerprint density at radius 1 is 1.14 bits per heavy atom. The fourth-order valence-corrected chi connectivity index (χ4v) is 4.95. The van der Waals surface area contributed by atoms with Crippen LogP contribution in [0.15, 0.2) is 72.8 Å². The first-order chi connectivity index (χ1) is 13.7. The minimum Gasteiger partial charge on any atom is -0.508 e. The maximum Gasteiger partial charge on any atom is 0.258 e. The van der Waals surface area contributed by atoms with Gasteiger partial charge in [0.15, 0.2) is 9.75 Å². The van der Waals surface area contributed by atoms with Crippen molar-refractivity contribution in [2.24, 2.45) is 0 Å². The number of amides is 2. The molecule has 4 nitrogen and oxygen atoms in total. The van der Waals surface area contributed by atoms with Gasteiger partial charge in [-0.15, -0.1) is 23.2 Å². The molecule has 0 radical (unpaired) electrons. The first-order valence-electron chi connectivity index (χ1n) is 8.88. The number of carbonyl (C=O) groups excluding carboxylic acids is 2. The number of aromatic hydroxyl groups is 1. The molecular formula is C22H16Cl2FNO3. The molecule has 2 aromatic carbocycles. The number of fused-ring (bicyclic) bond motifs is 1. The Morgan fingerprint density at radius 3 is 2.45 bits per heavy atom. The van der Waals surface area contributed by atoms with E-state index in [0.717, 1.165) is 17.0 Å². The summed E-state index contributed by atoms with van der Waals surface area (Å²) in [5.74, 6) is -2.70. The number of carbonyl (C=O) groups is 2. The molecule has 0 unspecified atom stereocenters. The van der Waals surface area contributed by atoms with E-state index in [2.05, 4.69) is 6.58 Å². The van der Waals surface area contributed by atoms with Gasteiger partial charge in [0.1, 0.15) is 11.6 Å². The lowest BCUT2D eigenvalue weighted by Crippen LogP contribution is -2.54. The molecule has 148 valence electrons. The molecule has 29 heavy (non-hydrogen) atoms. The van der Waals surface area contributed by atoms with E-state index in [0.29, 0.717) is 11.1 Å². The van der Waals surface area contributed by atoms with Crippen LogP contribution >= 0.6 is 23.2 Å². The van der Waals surface area contributed by atoms with Crippen molar-refractivity contribution in [3.8, 4) is 5.75 Å². The molecule has 1 aliphatic heterocycles. The second kappa shape index (κ2) is 6.71. The van der Waals surface area contributed by atoms with Crippen LogP contribution in [-0.4, -0.2) is 26.7 Å². The Labute approximate surface area is 176 Å². The Morgan fingerprint density at radius 2 is 1.83 bits per heavy atom. The largest absolute Gasteiger partial charge is 0.508 e. The highest BCUT2D eigenvalue weighted by Gasteiger charge is 2.73. The molecule has 7 heteroatoms. The van der Waals surface area contributed by atoms with Gasteiger partial charge in [0, 0.05) is 5.92 Å². The Kier molecular flexibility index (Phi) is 4.56. The predicted molar refractivity (Wildman–Crippen MR) is 110 cm³/mol. The fourth-order valence-electron chi connectivity index (χ4n) is 4.10. The van der Waals surface area contributed by atoms with Crippen molar-refractivity contribution in [3.05, 3.63) is 84.2 Å².